The minimum absolute atomic E-state index is 0.196. The lowest BCUT2D eigenvalue weighted by atomic mass is 10.2. The molecular weight excluding hydrogens is 375 g/mol. The molecule has 0 spiro atoms. The number of rotatable bonds is 5. The maximum Gasteiger partial charge on any atom is 0.434 e. The molecule has 1 unspecified atom stereocenters. The second kappa shape index (κ2) is 8.16. The number of nitrogens with zero attached hydrogens (tertiary/aromatic N) is 3. The number of hydrogen-bond acceptors (Lipinski definition) is 4. The molecule has 2 heterocycles. The molecular formula is C18H22F3N5S. The van der Waals surface area contributed by atoms with Gasteiger partial charge >= 0.3 is 6.18 Å². The smallest absolute Gasteiger partial charge is 0.366 e. The summed E-state index contributed by atoms with van der Waals surface area (Å²) in [6.07, 6.45) is -3.37. The summed E-state index contributed by atoms with van der Waals surface area (Å²) < 4.78 is 37.8. The van der Waals surface area contributed by atoms with Crippen molar-refractivity contribution in [1.29, 1.82) is 0 Å². The molecule has 3 rings (SSSR count). The Kier molecular flexibility index (Phi) is 5.88. The van der Waals surface area contributed by atoms with Crippen LogP contribution in [0.5, 0.6) is 0 Å². The summed E-state index contributed by atoms with van der Waals surface area (Å²) in [6.45, 7) is 3.98. The number of guanidine groups is 1. The van der Waals surface area contributed by atoms with Crippen molar-refractivity contribution in [1.82, 2.24) is 15.6 Å². The molecule has 0 saturated heterocycles. The second-order valence-electron chi connectivity index (χ2n) is 6.35. The number of para-hydroxylation sites is 1. The molecule has 1 aromatic heterocycles. The summed E-state index contributed by atoms with van der Waals surface area (Å²) in [6, 6.07) is 8.64. The van der Waals surface area contributed by atoms with Crippen LogP contribution in [0.1, 0.15) is 23.2 Å². The highest BCUT2D eigenvalue weighted by molar-refractivity contribution is 7.09. The lowest BCUT2D eigenvalue weighted by Gasteiger charge is -2.28. The van der Waals surface area contributed by atoms with Gasteiger partial charge < -0.3 is 15.5 Å². The van der Waals surface area contributed by atoms with Crippen LogP contribution in [0.15, 0.2) is 34.6 Å². The first kappa shape index (κ1) is 19.5. The predicted molar refractivity (Wildman–Crippen MR) is 102 cm³/mol. The van der Waals surface area contributed by atoms with E-state index in [4.69, 9.17) is 0 Å². The third-order valence-electron chi connectivity index (χ3n) is 4.49. The number of thiazole rings is 1. The van der Waals surface area contributed by atoms with E-state index in [1.54, 1.807) is 7.05 Å². The molecule has 0 radical (unpaired) electrons. The monoisotopic (exact) mass is 397 g/mol. The van der Waals surface area contributed by atoms with Gasteiger partial charge in [-0.3, -0.25) is 4.99 Å². The van der Waals surface area contributed by atoms with Gasteiger partial charge in [0.15, 0.2) is 11.7 Å². The van der Waals surface area contributed by atoms with E-state index in [9.17, 15) is 13.2 Å². The van der Waals surface area contributed by atoms with E-state index in [1.165, 1.54) is 11.3 Å². The zero-order valence-electron chi connectivity index (χ0n) is 15.2. The zero-order chi connectivity index (χ0) is 19.4. The van der Waals surface area contributed by atoms with Crippen LogP contribution in [-0.2, 0) is 19.1 Å². The van der Waals surface area contributed by atoms with Crippen molar-refractivity contribution in [2.24, 2.45) is 4.99 Å². The van der Waals surface area contributed by atoms with Crippen LogP contribution in [0, 0.1) is 0 Å². The largest absolute Gasteiger partial charge is 0.434 e. The maximum atomic E-state index is 12.6. The number of aromatic nitrogens is 1. The van der Waals surface area contributed by atoms with Gasteiger partial charge in [-0.15, -0.1) is 11.3 Å². The second-order valence-corrected chi connectivity index (χ2v) is 7.29. The lowest BCUT2D eigenvalue weighted by molar-refractivity contribution is -0.140. The Hall–Kier alpha value is -2.29. The van der Waals surface area contributed by atoms with E-state index in [0.29, 0.717) is 17.5 Å². The molecule has 5 nitrogen and oxygen atoms in total. The molecule has 2 aromatic rings. The summed E-state index contributed by atoms with van der Waals surface area (Å²) in [5.74, 6) is 0.540. The van der Waals surface area contributed by atoms with Gasteiger partial charge in [-0.05, 0) is 25.0 Å². The fourth-order valence-electron chi connectivity index (χ4n) is 3.08. The van der Waals surface area contributed by atoms with Crippen molar-refractivity contribution < 1.29 is 13.2 Å². The van der Waals surface area contributed by atoms with Crippen molar-refractivity contribution in [3.05, 3.63) is 45.9 Å². The third kappa shape index (κ3) is 4.71. The molecule has 0 aliphatic carbocycles. The fraction of sp³-hybridized carbons (Fsp3) is 0.444. The molecule has 1 atom stereocenters. The van der Waals surface area contributed by atoms with E-state index >= 15 is 0 Å². The Balaban J connectivity index is 1.50. The van der Waals surface area contributed by atoms with E-state index in [2.05, 4.69) is 50.6 Å². The highest BCUT2D eigenvalue weighted by Gasteiger charge is 2.33. The van der Waals surface area contributed by atoms with Gasteiger partial charge in [0.05, 0.1) is 6.54 Å². The number of halogens is 3. The molecule has 1 aliphatic rings. The summed E-state index contributed by atoms with van der Waals surface area (Å²) in [7, 11) is 1.63. The Labute approximate surface area is 160 Å². The minimum Gasteiger partial charge on any atom is -0.366 e. The zero-order valence-corrected chi connectivity index (χ0v) is 16.0. The highest BCUT2D eigenvalue weighted by atomic mass is 32.1. The van der Waals surface area contributed by atoms with Crippen molar-refractivity contribution in [2.45, 2.75) is 32.1 Å². The summed E-state index contributed by atoms with van der Waals surface area (Å²) in [4.78, 5) is 10.1. The highest BCUT2D eigenvalue weighted by Crippen LogP contribution is 2.30. The van der Waals surface area contributed by atoms with E-state index in [0.717, 1.165) is 29.7 Å². The number of fused-ring (bicyclic) bond motifs is 1. The van der Waals surface area contributed by atoms with Gasteiger partial charge in [-0.25, -0.2) is 4.98 Å². The van der Waals surface area contributed by atoms with Crippen LogP contribution in [0.25, 0.3) is 0 Å². The Morgan fingerprint density at radius 3 is 2.81 bits per heavy atom. The molecule has 0 saturated carbocycles. The van der Waals surface area contributed by atoms with Crippen LogP contribution in [0.3, 0.4) is 0 Å². The molecule has 146 valence electrons. The van der Waals surface area contributed by atoms with Crippen molar-refractivity contribution in [2.75, 3.05) is 25.0 Å². The van der Waals surface area contributed by atoms with Gasteiger partial charge in [-0.1, -0.05) is 18.2 Å². The average molecular weight is 397 g/mol. The SMILES string of the molecule is CN=C(NCc1nc(C(F)(F)F)cs1)NCC(C)N1CCc2ccccc21. The molecule has 1 aromatic carbocycles. The number of anilines is 1. The normalized spacial score (nSPS) is 15.6. The molecule has 27 heavy (non-hydrogen) atoms. The number of nitrogens with one attached hydrogen (secondary N) is 2. The van der Waals surface area contributed by atoms with Crippen LogP contribution < -0.4 is 15.5 Å². The number of alkyl halides is 3. The molecule has 1 aliphatic heterocycles. The molecule has 0 amide bonds. The van der Waals surface area contributed by atoms with Crippen LogP contribution in [-0.4, -0.2) is 37.1 Å². The van der Waals surface area contributed by atoms with E-state index < -0.39 is 11.9 Å². The van der Waals surface area contributed by atoms with E-state index in [-0.39, 0.29) is 12.6 Å². The van der Waals surface area contributed by atoms with Crippen LogP contribution >= 0.6 is 11.3 Å². The summed E-state index contributed by atoms with van der Waals surface area (Å²) in [5.41, 5.74) is 1.77. The van der Waals surface area contributed by atoms with Gasteiger partial charge in [0.2, 0.25) is 0 Å². The quantitative estimate of drug-likeness (QED) is 0.601. The Morgan fingerprint density at radius 1 is 1.33 bits per heavy atom. The maximum absolute atomic E-state index is 12.6. The van der Waals surface area contributed by atoms with Gasteiger partial charge in [0.1, 0.15) is 5.01 Å². The van der Waals surface area contributed by atoms with Crippen molar-refractivity contribution >= 4 is 23.0 Å². The van der Waals surface area contributed by atoms with Gasteiger partial charge in [0.25, 0.3) is 0 Å². The minimum atomic E-state index is -4.41. The van der Waals surface area contributed by atoms with Crippen molar-refractivity contribution in [3.8, 4) is 0 Å². The van der Waals surface area contributed by atoms with E-state index in [1.807, 2.05) is 6.07 Å². The molecule has 0 bridgehead atoms. The number of aliphatic imine (C=N–C) groups is 1. The Bertz CT molecular complexity index is 802. The standard InChI is InChI=1S/C18H22F3N5S/c1-12(26-8-7-13-5-3-4-6-14(13)26)9-23-17(22-2)24-10-16-25-15(11-27-16)18(19,20)21/h3-6,11-12H,7-10H2,1-2H3,(H2,22,23,24). The average Bonchev–Trinajstić information content (AvgIpc) is 3.28. The molecule has 9 heteroatoms. The first-order chi connectivity index (χ1) is 12.9. The van der Waals surface area contributed by atoms with Gasteiger partial charge in [0, 0.05) is 37.2 Å². The Morgan fingerprint density at radius 2 is 2.11 bits per heavy atom. The topological polar surface area (TPSA) is 52.6 Å². The molecule has 2 N–H and O–H groups in total. The van der Waals surface area contributed by atoms with Gasteiger partial charge in [-0.2, -0.15) is 13.2 Å². The summed E-state index contributed by atoms with van der Waals surface area (Å²) >= 11 is 0.981. The third-order valence-corrected chi connectivity index (χ3v) is 5.34. The summed E-state index contributed by atoms with van der Waals surface area (Å²) in [5, 5.41) is 7.65. The number of hydrogen-bond donors (Lipinski definition) is 2. The predicted octanol–water partition coefficient (Wildman–Crippen LogP) is 3.28. The fourth-order valence-corrected chi connectivity index (χ4v) is 3.82. The lowest BCUT2D eigenvalue weighted by Crippen LogP contribution is -2.45. The van der Waals surface area contributed by atoms with Crippen molar-refractivity contribution in [3.63, 3.8) is 0 Å². The van der Waals surface area contributed by atoms with Crippen LogP contribution in [0.2, 0.25) is 0 Å². The van der Waals surface area contributed by atoms with Crippen LogP contribution in [0.4, 0.5) is 18.9 Å². The first-order valence-corrected chi connectivity index (χ1v) is 9.57. The molecule has 0 fully saturated rings. The number of benzene rings is 1. The first-order valence-electron chi connectivity index (χ1n) is 8.69.